The quantitative estimate of drug-likeness (QED) is 0.251. The number of carbonyl (C=O) groups is 1. The number of carbonyl (C=O) groups excluding carboxylic acids is 1. The fourth-order valence-electron chi connectivity index (χ4n) is 5.61. The number of aryl methyl sites for hydroxylation is 2. The Hall–Kier alpha value is -4.03. The third-order valence-corrected chi connectivity index (χ3v) is 10.4. The van der Waals surface area contributed by atoms with Gasteiger partial charge in [0.1, 0.15) is 0 Å². The van der Waals surface area contributed by atoms with Gasteiger partial charge in [0.15, 0.2) is 15.5 Å². The van der Waals surface area contributed by atoms with Crippen LogP contribution in [0, 0.1) is 13.8 Å². The predicted octanol–water partition coefficient (Wildman–Crippen LogP) is 5.07. The molecule has 1 saturated heterocycles. The molecule has 0 spiro atoms. The molecule has 0 radical (unpaired) electrons. The average Bonchev–Trinajstić information content (AvgIpc) is 3.47. The van der Waals surface area contributed by atoms with Crippen molar-refractivity contribution in [1.29, 1.82) is 0 Å². The van der Waals surface area contributed by atoms with Crippen molar-refractivity contribution in [2.24, 2.45) is 0 Å². The standard InChI is InChI=1S/C32H42N8O3S/c1-21(2)44(42,43)28-10-8-7-9-26(28)35-32-37-31(36-29-11-15-33-40(29)32)34-27-20-22(3)25(19-23(27)4)24-12-17-39(18-13-24)30(41)14-16-38(5)6/h7-11,15,19-21,24H,12-14,16-18H2,1-6H3,(H2,34,35,36,37). The number of aromatic nitrogens is 4. The second-order valence-electron chi connectivity index (χ2n) is 12.0. The van der Waals surface area contributed by atoms with Gasteiger partial charge in [-0.15, -0.1) is 0 Å². The molecule has 2 N–H and O–H groups in total. The van der Waals surface area contributed by atoms with Crippen LogP contribution in [-0.4, -0.2) is 82.7 Å². The van der Waals surface area contributed by atoms with E-state index in [1.165, 1.54) is 11.1 Å². The monoisotopic (exact) mass is 618 g/mol. The highest BCUT2D eigenvalue weighted by Crippen LogP contribution is 2.34. The summed E-state index contributed by atoms with van der Waals surface area (Å²) in [5.41, 5.74) is 5.42. The number of sulfone groups is 1. The average molecular weight is 619 g/mol. The summed E-state index contributed by atoms with van der Waals surface area (Å²) in [6, 6.07) is 12.9. The lowest BCUT2D eigenvalue weighted by atomic mass is 9.85. The van der Waals surface area contributed by atoms with Crippen LogP contribution in [0.15, 0.2) is 53.6 Å². The van der Waals surface area contributed by atoms with E-state index in [0.29, 0.717) is 35.6 Å². The molecule has 0 unspecified atom stereocenters. The molecular weight excluding hydrogens is 576 g/mol. The van der Waals surface area contributed by atoms with Crippen molar-refractivity contribution in [3.8, 4) is 0 Å². The summed E-state index contributed by atoms with van der Waals surface area (Å²) in [6.45, 7) is 9.85. The molecule has 1 aliphatic rings. The normalized spacial score (nSPS) is 14.5. The Morgan fingerprint density at radius 2 is 1.73 bits per heavy atom. The maximum absolute atomic E-state index is 13.0. The van der Waals surface area contributed by atoms with Crippen LogP contribution in [0.4, 0.5) is 23.3 Å². The third kappa shape index (κ3) is 6.71. The van der Waals surface area contributed by atoms with Crippen LogP contribution >= 0.6 is 0 Å². The molecule has 2 aromatic carbocycles. The zero-order chi connectivity index (χ0) is 31.6. The molecule has 0 bridgehead atoms. The van der Waals surface area contributed by atoms with Gasteiger partial charge in [0.25, 0.3) is 0 Å². The Bertz CT molecular complexity index is 1760. The second-order valence-corrected chi connectivity index (χ2v) is 14.5. The predicted molar refractivity (Wildman–Crippen MR) is 174 cm³/mol. The Morgan fingerprint density at radius 3 is 2.43 bits per heavy atom. The highest BCUT2D eigenvalue weighted by molar-refractivity contribution is 7.92. The highest BCUT2D eigenvalue weighted by atomic mass is 32.2. The topological polar surface area (TPSA) is 125 Å². The largest absolute Gasteiger partial charge is 0.343 e. The van der Waals surface area contributed by atoms with Gasteiger partial charge in [-0.25, -0.2) is 8.42 Å². The first-order valence-electron chi connectivity index (χ1n) is 15.1. The van der Waals surface area contributed by atoms with E-state index in [1.54, 1.807) is 54.9 Å². The molecule has 234 valence electrons. The Labute approximate surface area is 259 Å². The van der Waals surface area contributed by atoms with Gasteiger partial charge >= 0.3 is 0 Å². The molecule has 44 heavy (non-hydrogen) atoms. The van der Waals surface area contributed by atoms with Gasteiger partial charge in [-0.1, -0.05) is 18.2 Å². The van der Waals surface area contributed by atoms with E-state index in [0.717, 1.165) is 43.7 Å². The number of piperidine rings is 1. The number of amides is 1. The highest BCUT2D eigenvalue weighted by Gasteiger charge is 2.26. The Morgan fingerprint density at radius 1 is 1.00 bits per heavy atom. The molecule has 12 heteroatoms. The van der Waals surface area contributed by atoms with Gasteiger partial charge in [-0.3, -0.25) is 4.79 Å². The van der Waals surface area contributed by atoms with Crippen molar-refractivity contribution >= 4 is 44.7 Å². The van der Waals surface area contributed by atoms with Crippen molar-refractivity contribution in [3.63, 3.8) is 0 Å². The molecule has 11 nitrogen and oxygen atoms in total. The Kier molecular flexibility index (Phi) is 9.21. The summed E-state index contributed by atoms with van der Waals surface area (Å²) in [5, 5.41) is 10.3. The maximum Gasteiger partial charge on any atom is 0.233 e. The van der Waals surface area contributed by atoms with Crippen LogP contribution in [0.2, 0.25) is 0 Å². The van der Waals surface area contributed by atoms with Crippen LogP contribution in [0.3, 0.4) is 0 Å². The molecule has 0 aliphatic carbocycles. The van der Waals surface area contributed by atoms with Crippen LogP contribution in [0.5, 0.6) is 0 Å². The van der Waals surface area contributed by atoms with Crippen molar-refractivity contribution in [2.45, 2.75) is 63.0 Å². The number of rotatable bonds is 10. The second kappa shape index (κ2) is 12.9. The number of hydrogen-bond acceptors (Lipinski definition) is 9. The summed E-state index contributed by atoms with van der Waals surface area (Å²) >= 11 is 0. The van der Waals surface area contributed by atoms with Crippen molar-refractivity contribution in [1.82, 2.24) is 29.4 Å². The van der Waals surface area contributed by atoms with Gasteiger partial charge in [0, 0.05) is 37.8 Å². The number of para-hydroxylation sites is 1. The molecule has 4 aromatic rings. The van der Waals surface area contributed by atoms with Crippen molar-refractivity contribution < 1.29 is 13.2 Å². The summed E-state index contributed by atoms with van der Waals surface area (Å²) in [5.74, 6) is 1.34. The van der Waals surface area contributed by atoms with Crippen LogP contribution < -0.4 is 10.6 Å². The lowest BCUT2D eigenvalue weighted by molar-refractivity contribution is -0.132. The molecule has 0 atom stereocenters. The number of fused-ring (bicyclic) bond motifs is 1. The SMILES string of the molecule is Cc1cc(C2CCN(C(=O)CCN(C)C)CC2)c(C)cc1Nc1nc(Nc2ccccc2S(=O)(=O)C(C)C)n2nccc2n1. The summed E-state index contributed by atoms with van der Waals surface area (Å²) < 4.78 is 27.6. The van der Waals surface area contributed by atoms with E-state index in [4.69, 9.17) is 4.98 Å². The minimum atomic E-state index is -3.54. The summed E-state index contributed by atoms with van der Waals surface area (Å²) in [6.07, 6.45) is 4.08. The minimum absolute atomic E-state index is 0.203. The molecule has 1 aliphatic heterocycles. The van der Waals surface area contributed by atoms with Gasteiger partial charge in [0.2, 0.25) is 17.8 Å². The Balaban J connectivity index is 1.36. The minimum Gasteiger partial charge on any atom is -0.343 e. The summed E-state index contributed by atoms with van der Waals surface area (Å²) in [4.78, 5) is 26.2. The van der Waals surface area contributed by atoms with E-state index in [9.17, 15) is 13.2 Å². The molecule has 1 fully saturated rings. The molecule has 5 rings (SSSR count). The zero-order valence-corrected chi connectivity index (χ0v) is 27.1. The van der Waals surface area contributed by atoms with E-state index >= 15 is 0 Å². The number of likely N-dealkylation sites (tertiary alicyclic amines) is 1. The lowest BCUT2D eigenvalue weighted by Gasteiger charge is -2.33. The van der Waals surface area contributed by atoms with Gasteiger partial charge < -0.3 is 20.4 Å². The number of nitrogens with one attached hydrogen (secondary N) is 2. The molecular formula is C32H42N8O3S. The number of benzene rings is 2. The number of nitrogens with zero attached hydrogens (tertiary/aromatic N) is 6. The lowest BCUT2D eigenvalue weighted by Crippen LogP contribution is -2.39. The van der Waals surface area contributed by atoms with Crippen molar-refractivity contribution in [2.75, 3.05) is 44.4 Å². The fraction of sp³-hybridized carbons (Fsp3) is 0.438. The molecule has 1 amide bonds. The fourth-order valence-corrected chi connectivity index (χ4v) is 6.81. The molecule has 2 aromatic heterocycles. The third-order valence-electron chi connectivity index (χ3n) is 8.24. The first-order valence-corrected chi connectivity index (χ1v) is 16.6. The first-order chi connectivity index (χ1) is 20.9. The van der Waals surface area contributed by atoms with Gasteiger partial charge in [0.05, 0.1) is 22.0 Å². The molecule has 3 heterocycles. The zero-order valence-electron chi connectivity index (χ0n) is 26.3. The van der Waals surface area contributed by atoms with Crippen LogP contribution in [-0.2, 0) is 14.6 Å². The van der Waals surface area contributed by atoms with Gasteiger partial charge in [-0.05, 0) is 95.4 Å². The number of anilines is 4. The van der Waals surface area contributed by atoms with E-state index in [1.807, 2.05) is 23.9 Å². The van der Waals surface area contributed by atoms with Crippen LogP contribution in [0.1, 0.15) is 55.7 Å². The summed E-state index contributed by atoms with van der Waals surface area (Å²) in [7, 11) is 0.444. The van der Waals surface area contributed by atoms with Crippen molar-refractivity contribution in [3.05, 3.63) is 65.4 Å². The van der Waals surface area contributed by atoms with E-state index < -0.39 is 15.1 Å². The van der Waals surface area contributed by atoms with Crippen LogP contribution in [0.25, 0.3) is 5.65 Å². The van der Waals surface area contributed by atoms with E-state index in [2.05, 4.69) is 46.7 Å². The smallest absolute Gasteiger partial charge is 0.233 e. The van der Waals surface area contributed by atoms with Gasteiger partial charge in [-0.2, -0.15) is 19.6 Å². The van der Waals surface area contributed by atoms with E-state index in [-0.39, 0.29) is 10.8 Å². The molecule has 0 saturated carbocycles. The maximum atomic E-state index is 13.0. The first kappa shape index (κ1) is 31.4. The number of hydrogen-bond donors (Lipinski definition) is 2.